The Kier molecular flexibility index (Phi) is 4.61. The Morgan fingerprint density at radius 2 is 2.00 bits per heavy atom. The Morgan fingerprint density at radius 1 is 1.47 bits per heavy atom. The second-order valence-electron chi connectivity index (χ2n) is 3.94. The summed E-state index contributed by atoms with van der Waals surface area (Å²) >= 11 is 11.6. The molecule has 1 aromatic rings. The molecule has 0 saturated heterocycles. The molecule has 0 aromatic heterocycles. The zero-order chi connectivity index (χ0) is 13.2. The van der Waals surface area contributed by atoms with E-state index in [1.54, 1.807) is 6.08 Å². The first kappa shape index (κ1) is 14.1. The highest BCUT2D eigenvalue weighted by molar-refractivity contribution is 6.45. The minimum Gasteiger partial charge on any atom is -0.506 e. The standard InChI is InChI=1S/C10H8Cl2O2.C3H6/c1-4-2-5-3-6(13)8(11)9(12)7(5)10(4)14;1-3-2/h3-4,13H,2H2,1H3;3H,1H2,2H3. The molecule has 0 fully saturated rings. The summed E-state index contributed by atoms with van der Waals surface area (Å²) in [5.41, 5.74) is 1.26. The van der Waals surface area contributed by atoms with Crippen LogP contribution in [0.4, 0.5) is 0 Å². The van der Waals surface area contributed by atoms with E-state index in [0.717, 1.165) is 5.56 Å². The van der Waals surface area contributed by atoms with Crippen molar-refractivity contribution in [2.24, 2.45) is 5.92 Å². The molecule has 1 unspecified atom stereocenters. The van der Waals surface area contributed by atoms with Gasteiger partial charge in [-0.3, -0.25) is 4.79 Å². The highest BCUT2D eigenvalue weighted by atomic mass is 35.5. The Labute approximate surface area is 111 Å². The van der Waals surface area contributed by atoms with Crippen LogP contribution in [0.1, 0.15) is 29.8 Å². The molecule has 0 saturated carbocycles. The number of aromatic hydroxyl groups is 1. The molecular formula is C13H14Cl2O2. The second-order valence-corrected chi connectivity index (χ2v) is 4.69. The van der Waals surface area contributed by atoms with E-state index in [4.69, 9.17) is 23.2 Å². The quantitative estimate of drug-likeness (QED) is 0.717. The van der Waals surface area contributed by atoms with Crippen LogP contribution >= 0.6 is 23.2 Å². The number of fused-ring (bicyclic) bond motifs is 1. The van der Waals surface area contributed by atoms with E-state index in [2.05, 4.69) is 6.58 Å². The van der Waals surface area contributed by atoms with Gasteiger partial charge in [-0.1, -0.05) is 36.2 Å². The van der Waals surface area contributed by atoms with E-state index in [9.17, 15) is 9.90 Å². The fraction of sp³-hybridized carbons (Fsp3) is 0.308. The van der Waals surface area contributed by atoms with Crippen molar-refractivity contribution in [1.82, 2.24) is 0 Å². The number of phenols is 1. The molecule has 0 bridgehead atoms. The van der Waals surface area contributed by atoms with Crippen LogP contribution in [0, 0.1) is 5.92 Å². The van der Waals surface area contributed by atoms with Crippen LogP contribution in [0.2, 0.25) is 10.0 Å². The molecule has 0 amide bonds. The van der Waals surface area contributed by atoms with Crippen LogP contribution in [-0.2, 0) is 6.42 Å². The van der Waals surface area contributed by atoms with Crippen molar-refractivity contribution in [1.29, 1.82) is 0 Å². The van der Waals surface area contributed by atoms with Crippen molar-refractivity contribution in [2.75, 3.05) is 0 Å². The molecular weight excluding hydrogens is 259 g/mol. The van der Waals surface area contributed by atoms with Gasteiger partial charge in [0.1, 0.15) is 10.8 Å². The molecule has 1 aliphatic carbocycles. The maximum atomic E-state index is 11.7. The van der Waals surface area contributed by atoms with E-state index < -0.39 is 0 Å². The Morgan fingerprint density at radius 3 is 2.53 bits per heavy atom. The Hall–Kier alpha value is -0.990. The van der Waals surface area contributed by atoms with Gasteiger partial charge in [-0.25, -0.2) is 0 Å². The van der Waals surface area contributed by atoms with Crippen molar-refractivity contribution >= 4 is 29.0 Å². The van der Waals surface area contributed by atoms with Gasteiger partial charge in [0.2, 0.25) is 0 Å². The summed E-state index contributed by atoms with van der Waals surface area (Å²) in [4.78, 5) is 11.7. The zero-order valence-corrected chi connectivity index (χ0v) is 11.3. The minimum absolute atomic E-state index is 0.00639. The SMILES string of the molecule is C=CC.CC1Cc2cc(O)c(Cl)c(Cl)c2C1=O. The summed E-state index contributed by atoms with van der Waals surface area (Å²) in [7, 11) is 0. The third-order valence-corrected chi connectivity index (χ3v) is 3.35. The summed E-state index contributed by atoms with van der Waals surface area (Å²) in [6.45, 7) is 7.09. The van der Waals surface area contributed by atoms with Gasteiger partial charge in [0, 0.05) is 11.5 Å². The summed E-state index contributed by atoms with van der Waals surface area (Å²) in [5, 5.41) is 9.65. The van der Waals surface area contributed by atoms with E-state index in [-0.39, 0.29) is 27.5 Å². The maximum absolute atomic E-state index is 11.7. The lowest BCUT2D eigenvalue weighted by Gasteiger charge is -2.04. The number of hydrogen-bond donors (Lipinski definition) is 1. The maximum Gasteiger partial charge on any atom is 0.167 e. The number of ketones is 1. The van der Waals surface area contributed by atoms with Gasteiger partial charge in [0.05, 0.1) is 5.02 Å². The number of benzene rings is 1. The van der Waals surface area contributed by atoms with Gasteiger partial charge in [-0.2, -0.15) is 0 Å². The Bertz CT molecular complexity index is 467. The van der Waals surface area contributed by atoms with E-state index in [1.807, 2.05) is 13.8 Å². The van der Waals surface area contributed by atoms with Crippen molar-refractivity contribution in [2.45, 2.75) is 20.3 Å². The van der Waals surface area contributed by atoms with E-state index in [1.165, 1.54) is 6.07 Å². The number of rotatable bonds is 0. The minimum atomic E-state index is -0.0691. The van der Waals surface area contributed by atoms with Crippen LogP contribution in [-0.4, -0.2) is 10.9 Å². The topological polar surface area (TPSA) is 37.3 Å². The number of halogens is 2. The highest BCUT2D eigenvalue weighted by Crippen LogP contribution is 2.41. The van der Waals surface area contributed by atoms with Crippen LogP contribution in [0.3, 0.4) is 0 Å². The van der Waals surface area contributed by atoms with Crippen LogP contribution in [0.15, 0.2) is 18.7 Å². The van der Waals surface area contributed by atoms with Crippen molar-refractivity contribution in [3.63, 3.8) is 0 Å². The molecule has 0 spiro atoms. The van der Waals surface area contributed by atoms with Gasteiger partial charge in [0.15, 0.2) is 5.78 Å². The molecule has 4 heteroatoms. The third-order valence-electron chi connectivity index (χ3n) is 2.49. The first-order valence-electron chi connectivity index (χ1n) is 5.25. The first-order valence-corrected chi connectivity index (χ1v) is 6.00. The summed E-state index contributed by atoms with van der Waals surface area (Å²) in [6.07, 6.45) is 2.37. The zero-order valence-electron chi connectivity index (χ0n) is 9.76. The van der Waals surface area contributed by atoms with Crippen LogP contribution < -0.4 is 0 Å². The number of allylic oxidation sites excluding steroid dienone is 1. The highest BCUT2D eigenvalue weighted by Gasteiger charge is 2.31. The van der Waals surface area contributed by atoms with E-state index >= 15 is 0 Å². The smallest absolute Gasteiger partial charge is 0.167 e. The molecule has 1 atom stereocenters. The monoisotopic (exact) mass is 272 g/mol. The molecule has 1 aliphatic rings. The molecule has 92 valence electrons. The molecule has 0 aliphatic heterocycles. The van der Waals surface area contributed by atoms with Crippen LogP contribution in [0.5, 0.6) is 5.75 Å². The lowest BCUT2D eigenvalue weighted by molar-refractivity contribution is 0.0946. The lowest BCUT2D eigenvalue weighted by atomic mass is 10.1. The molecule has 0 radical (unpaired) electrons. The van der Waals surface area contributed by atoms with Gasteiger partial charge in [-0.15, -0.1) is 6.58 Å². The first-order chi connectivity index (χ1) is 7.93. The van der Waals surface area contributed by atoms with Crippen LogP contribution in [0.25, 0.3) is 0 Å². The lowest BCUT2D eigenvalue weighted by Crippen LogP contribution is -2.03. The third kappa shape index (κ3) is 2.64. The number of phenolic OH excluding ortho intramolecular Hbond substituents is 1. The van der Waals surface area contributed by atoms with Crippen molar-refractivity contribution in [3.8, 4) is 5.75 Å². The summed E-state index contributed by atoms with van der Waals surface area (Å²) in [6, 6.07) is 1.52. The van der Waals surface area contributed by atoms with Gasteiger partial charge < -0.3 is 5.11 Å². The van der Waals surface area contributed by atoms with Crippen molar-refractivity contribution in [3.05, 3.63) is 39.9 Å². The van der Waals surface area contributed by atoms with E-state index in [0.29, 0.717) is 12.0 Å². The number of Topliss-reactive ketones (excluding diaryl/α,β-unsaturated/α-hetero) is 1. The molecule has 1 N–H and O–H groups in total. The average molecular weight is 273 g/mol. The molecule has 1 aromatic carbocycles. The number of hydrogen-bond acceptors (Lipinski definition) is 2. The van der Waals surface area contributed by atoms with Gasteiger partial charge in [-0.05, 0) is 25.0 Å². The predicted molar refractivity (Wildman–Crippen MR) is 71.2 cm³/mol. The largest absolute Gasteiger partial charge is 0.506 e. The van der Waals surface area contributed by atoms with Gasteiger partial charge >= 0.3 is 0 Å². The molecule has 2 nitrogen and oxygen atoms in total. The second kappa shape index (κ2) is 5.56. The average Bonchev–Trinajstić information content (AvgIpc) is 2.53. The fourth-order valence-electron chi connectivity index (χ4n) is 1.76. The normalized spacial score (nSPS) is 17.2. The number of carbonyl (C=O) groups is 1. The van der Waals surface area contributed by atoms with Gasteiger partial charge in [0.25, 0.3) is 0 Å². The fourth-order valence-corrected chi connectivity index (χ4v) is 2.22. The number of carbonyl (C=O) groups excluding carboxylic acids is 1. The summed E-state index contributed by atoms with van der Waals surface area (Å²) in [5.74, 6) is -0.121. The molecule has 17 heavy (non-hydrogen) atoms. The van der Waals surface area contributed by atoms with Crippen molar-refractivity contribution < 1.29 is 9.90 Å². The summed E-state index contributed by atoms with van der Waals surface area (Å²) < 4.78 is 0. The Balaban J connectivity index is 0.000000437. The predicted octanol–water partition coefficient (Wildman–Crippen LogP) is 4.27. The molecule has 0 heterocycles. The molecule has 2 rings (SSSR count).